The summed E-state index contributed by atoms with van der Waals surface area (Å²) in [5, 5.41) is 4.14. The van der Waals surface area contributed by atoms with Crippen LogP contribution in [0.15, 0.2) is 54.7 Å². The van der Waals surface area contributed by atoms with E-state index in [1.165, 1.54) is 10.9 Å². The van der Waals surface area contributed by atoms with Gasteiger partial charge in [-0.2, -0.15) is 0 Å². The first kappa shape index (κ1) is 13.4. The predicted octanol–water partition coefficient (Wildman–Crippen LogP) is 4.05. The molecule has 0 radical (unpaired) electrons. The van der Waals surface area contributed by atoms with Crippen LogP contribution >= 0.6 is 0 Å². The number of aromatic amines is 1. The number of rotatable bonds is 4. The van der Waals surface area contributed by atoms with Crippen LogP contribution in [0.3, 0.4) is 0 Å². The zero-order chi connectivity index (χ0) is 14.7. The number of amides is 1. The van der Waals surface area contributed by atoms with Crippen molar-refractivity contribution in [1.82, 2.24) is 4.98 Å². The molecule has 0 fully saturated rings. The van der Waals surface area contributed by atoms with Gasteiger partial charge < -0.3 is 10.3 Å². The Labute approximate surface area is 124 Å². The van der Waals surface area contributed by atoms with Crippen molar-refractivity contribution in [2.75, 3.05) is 5.32 Å². The van der Waals surface area contributed by atoms with E-state index in [1.807, 2.05) is 55.6 Å². The van der Waals surface area contributed by atoms with Crippen molar-refractivity contribution in [2.24, 2.45) is 0 Å². The van der Waals surface area contributed by atoms with Crippen molar-refractivity contribution in [3.63, 3.8) is 0 Å². The smallest absolute Gasteiger partial charge is 0.224 e. The first-order valence-corrected chi connectivity index (χ1v) is 7.14. The fraction of sp³-hybridized carbons (Fsp3) is 0.167. The molecule has 0 aliphatic carbocycles. The Balaban J connectivity index is 1.63. The molecule has 0 aliphatic rings. The van der Waals surface area contributed by atoms with Gasteiger partial charge in [0.1, 0.15) is 0 Å². The zero-order valence-electron chi connectivity index (χ0n) is 12.0. The summed E-state index contributed by atoms with van der Waals surface area (Å²) >= 11 is 0. The van der Waals surface area contributed by atoms with Gasteiger partial charge in [-0.05, 0) is 42.7 Å². The SMILES string of the molecule is Cc1cccc(NC(=O)CCc2c[nH]c3ccccc23)c1. The van der Waals surface area contributed by atoms with Gasteiger partial charge in [0.05, 0.1) is 0 Å². The molecule has 3 aromatic rings. The molecule has 0 aliphatic heterocycles. The standard InChI is InChI=1S/C18H18N2O/c1-13-5-4-6-15(11-13)20-18(21)10-9-14-12-19-17-8-3-2-7-16(14)17/h2-8,11-12,19H,9-10H2,1H3,(H,20,21). The van der Waals surface area contributed by atoms with Crippen LogP contribution in [0, 0.1) is 6.92 Å². The maximum atomic E-state index is 12.0. The molecule has 2 N–H and O–H groups in total. The minimum Gasteiger partial charge on any atom is -0.361 e. The van der Waals surface area contributed by atoms with Gasteiger partial charge in [-0.25, -0.2) is 0 Å². The van der Waals surface area contributed by atoms with Crippen molar-refractivity contribution in [2.45, 2.75) is 19.8 Å². The van der Waals surface area contributed by atoms with Crippen molar-refractivity contribution >= 4 is 22.5 Å². The van der Waals surface area contributed by atoms with E-state index in [-0.39, 0.29) is 5.91 Å². The van der Waals surface area contributed by atoms with E-state index in [1.54, 1.807) is 0 Å². The molecule has 0 unspecified atom stereocenters. The average molecular weight is 278 g/mol. The number of hydrogen-bond donors (Lipinski definition) is 2. The van der Waals surface area contributed by atoms with E-state index < -0.39 is 0 Å². The van der Waals surface area contributed by atoms with E-state index in [0.29, 0.717) is 6.42 Å². The second-order valence-electron chi connectivity index (χ2n) is 5.28. The molecule has 106 valence electrons. The summed E-state index contributed by atoms with van der Waals surface area (Å²) in [7, 11) is 0. The molecule has 0 bridgehead atoms. The topological polar surface area (TPSA) is 44.9 Å². The van der Waals surface area contributed by atoms with E-state index >= 15 is 0 Å². The Morgan fingerprint density at radius 2 is 2.00 bits per heavy atom. The molecule has 3 rings (SSSR count). The van der Waals surface area contributed by atoms with Crippen molar-refractivity contribution in [1.29, 1.82) is 0 Å². The zero-order valence-corrected chi connectivity index (χ0v) is 12.0. The van der Waals surface area contributed by atoms with Crippen LogP contribution in [0.4, 0.5) is 5.69 Å². The number of aryl methyl sites for hydroxylation is 2. The number of carbonyl (C=O) groups excluding carboxylic acids is 1. The number of carbonyl (C=O) groups is 1. The Kier molecular flexibility index (Phi) is 3.73. The Bertz CT molecular complexity index is 773. The van der Waals surface area contributed by atoms with Crippen LogP contribution in [-0.4, -0.2) is 10.9 Å². The van der Waals surface area contributed by atoms with Crippen molar-refractivity contribution < 1.29 is 4.79 Å². The molecule has 3 nitrogen and oxygen atoms in total. The molecular formula is C18H18N2O. The Hall–Kier alpha value is -2.55. The lowest BCUT2D eigenvalue weighted by Gasteiger charge is -2.05. The molecule has 0 atom stereocenters. The van der Waals surface area contributed by atoms with Gasteiger partial charge in [-0.15, -0.1) is 0 Å². The summed E-state index contributed by atoms with van der Waals surface area (Å²) in [5.74, 6) is 0.0471. The highest BCUT2D eigenvalue weighted by atomic mass is 16.1. The second kappa shape index (κ2) is 5.83. The number of aromatic nitrogens is 1. The van der Waals surface area contributed by atoms with Gasteiger partial charge in [0.25, 0.3) is 0 Å². The van der Waals surface area contributed by atoms with Crippen molar-refractivity contribution in [3.8, 4) is 0 Å². The van der Waals surface area contributed by atoms with Gasteiger partial charge in [0, 0.05) is 29.2 Å². The first-order chi connectivity index (χ1) is 10.2. The summed E-state index contributed by atoms with van der Waals surface area (Å²) in [4.78, 5) is 15.3. The summed E-state index contributed by atoms with van der Waals surface area (Å²) < 4.78 is 0. The van der Waals surface area contributed by atoms with Crippen LogP contribution in [0.25, 0.3) is 10.9 Å². The normalized spacial score (nSPS) is 10.7. The van der Waals surface area contributed by atoms with Gasteiger partial charge in [0.15, 0.2) is 0 Å². The third kappa shape index (κ3) is 3.14. The first-order valence-electron chi connectivity index (χ1n) is 7.14. The Morgan fingerprint density at radius 3 is 2.86 bits per heavy atom. The van der Waals surface area contributed by atoms with Crippen LogP contribution < -0.4 is 5.32 Å². The molecule has 0 saturated heterocycles. The van der Waals surface area contributed by atoms with E-state index in [4.69, 9.17) is 0 Å². The lowest BCUT2D eigenvalue weighted by molar-refractivity contribution is -0.116. The molecule has 0 saturated carbocycles. The minimum atomic E-state index is 0.0471. The maximum absolute atomic E-state index is 12.0. The molecule has 3 heteroatoms. The summed E-state index contributed by atoms with van der Waals surface area (Å²) in [6.07, 6.45) is 3.21. The summed E-state index contributed by atoms with van der Waals surface area (Å²) in [6, 6.07) is 16.0. The minimum absolute atomic E-state index is 0.0471. The van der Waals surface area contributed by atoms with Gasteiger partial charge in [-0.1, -0.05) is 30.3 Å². The molecular weight excluding hydrogens is 260 g/mol. The number of hydrogen-bond acceptors (Lipinski definition) is 1. The lowest BCUT2D eigenvalue weighted by atomic mass is 10.1. The molecule has 1 amide bonds. The van der Waals surface area contributed by atoms with Crippen LogP contribution in [-0.2, 0) is 11.2 Å². The average Bonchev–Trinajstić information content (AvgIpc) is 2.88. The third-order valence-corrected chi connectivity index (χ3v) is 3.60. The van der Waals surface area contributed by atoms with E-state index in [2.05, 4.69) is 16.4 Å². The van der Waals surface area contributed by atoms with Gasteiger partial charge in [0.2, 0.25) is 5.91 Å². The quantitative estimate of drug-likeness (QED) is 0.743. The van der Waals surface area contributed by atoms with Crippen LogP contribution in [0.2, 0.25) is 0 Å². The monoisotopic (exact) mass is 278 g/mol. The Morgan fingerprint density at radius 1 is 1.14 bits per heavy atom. The van der Waals surface area contributed by atoms with Crippen molar-refractivity contribution in [3.05, 3.63) is 65.9 Å². The summed E-state index contributed by atoms with van der Waals surface area (Å²) in [5.41, 5.74) is 4.31. The van der Waals surface area contributed by atoms with Gasteiger partial charge >= 0.3 is 0 Å². The second-order valence-corrected chi connectivity index (χ2v) is 5.28. The number of benzene rings is 2. The molecule has 21 heavy (non-hydrogen) atoms. The van der Waals surface area contributed by atoms with E-state index in [9.17, 15) is 4.79 Å². The number of para-hydroxylation sites is 1. The highest BCUT2D eigenvalue weighted by Crippen LogP contribution is 2.19. The highest BCUT2D eigenvalue weighted by Gasteiger charge is 2.07. The molecule has 1 aromatic heterocycles. The predicted molar refractivity (Wildman–Crippen MR) is 86.4 cm³/mol. The number of nitrogens with one attached hydrogen (secondary N) is 2. The highest BCUT2D eigenvalue weighted by molar-refractivity contribution is 5.91. The van der Waals surface area contributed by atoms with Crippen LogP contribution in [0.1, 0.15) is 17.5 Å². The molecule has 0 spiro atoms. The third-order valence-electron chi connectivity index (χ3n) is 3.60. The fourth-order valence-corrected chi connectivity index (χ4v) is 2.53. The number of fused-ring (bicyclic) bond motifs is 1. The summed E-state index contributed by atoms with van der Waals surface area (Å²) in [6.45, 7) is 2.02. The maximum Gasteiger partial charge on any atom is 0.224 e. The van der Waals surface area contributed by atoms with Gasteiger partial charge in [-0.3, -0.25) is 4.79 Å². The number of H-pyrrole nitrogens is 1. The molecule has 1 heterocycles. The number of anilines is 1. The molecule has 2 aromatic carbocycles. The van der Waals surface area contributed by atoms with Crippen LogP contribution in [0.5, 0.6) is 0 Å². The largest absolute Gasteiger partial charge is 0.361 e. The lowest BCUT2D eigenvalue weighted by Crippen LogP contribution is -2.12. The fourth-order valence-electron chi connectivity index (χ4n) is 2.53. The van der Waals surface area contributed by atoms with E-state index in [0.717, 1.165) is 23.2 Å².